The fourth-order valence-corrected chi connectivity index (χ4v) is 4.87. The summed E-state index contributed by atoms with van der Waals surface area (Å²) in [6.07, 6.45) is 5.09. The average molecular weight is 371 g/mol. The van der Waals surface area contributed by atoms with Crippen molar-refractivity contribution in [2.24, 2.45) is 0 Å². The Bertz CT molecular complexity index is 611. The van der Waals surface area contributed by atoms with Crippen molar-refractivity contribution in [2.75, 3.05) is 11.9 Å². The van der Waals surface area contributed by atoms with Crippen molar-refractivity contribution >= 4 is 49.6 Å². The van der Waals surface area contributed by atoms with Gasteiger partial charge in [-0.2, -0.15) is 0 Å². The highest BCUT2D eigenvalue weighted by atomic mass is 79.9. The van der Waals surface area contributed by atoms with Gasteiger partial charge in [0.05, 0.1) is 12.1 Å². The molecule has 0 unspecified atom stereocenters. The van der Waals surface area contributed by atoms with E-state index in [1.165, 1.54) is 23.4 Å². The van der Waals surface area contributed by atoms with Crippen LogP contribution in [0.5, 0.6) is 0 Å². The molecule has 0 atom stereocenters. The summed E-state index contributed by atoms with van der Waals surface area (Å²) in [5.41, 5.74) is 1.20. The summed E-state index contributed by atoms with van der Waals surface area (Å²) in [6, 6.07) is 2.00. The number of rotatable bonds is 3. The largest absolute Gasteiger partial charge is 0.291 e. The molecule has 0 spiro atoms. The minimum Gasteiger partial charge on any atom is -0.291 e. The van der Waals surface area contributed by atoms with Gasteiger partial charge < -0.3 is 0 Å². The van der Waals surface area contributed by atoms with Crippen LogP contribution in [0, 0.1) is 0 Å². The topological polar surface area (TPSA) is 33.2 Å². The zero-order valence-corrected chi connectivity index (χ0v) is 14.4. The second-order valence-corrected chi connectivity index (χ2v) is 7.91. The summed E-state index contributed by atoms with van der Waals surface area (Å²) in [7, 11) is 1.83. The first-order chi connectivity index (χ1) is 9.63. The SMILES string of the molecule is CN(C(=O)Cc1cc(Br)cs1)c1nc2c(s1)CCCC2. The van der Waals surface area contributed by atoms with Crippen LogP contribution in [0.25, 0.3) is 0 Å². The molecule has 0 aromatic carbocycles. The highest BCUT2D eigenvalue weighted by Gasteiger charge is 2.20. The molecule has 1 aliphatic carbocycles. The molecular weight excluding hydrogens is 356 g/mol. The minimum absolute atomic E-state index is 0.102. The molecule has 1 aliphatic rings. The number of carbonyl (C=O) groups is 1. The Labute approximate surface area is 134 Å². The van der Waals surface area contributed by atoms with Crippen LogP contribution in [0.4, 0.5) is 5.13 Å². The number of likely N-dealkylation sites (N-methyl/N-ethyl adjacent to an activating group) is 1. The Morgan fingerprint density at radius 3 is 2.95 bits per heavy atom. The van der Waals surface area contributed by atoms with Crippen LogP contribution in [0.2, 0.25) is 0 Å². The van der Waals surface area contributed by atoms with Crippen molar-refractivity contribution in [3.8, 4) is 0 Å². The summed E-state index contributed by atoms with van der Waals surface area (Å²) >= 11 is 6.70. The van der Waals surface area contributed by atoms with Gasteiger partial charge in [0.2, 0.25) is 5.91 Å². The van der Waals surface area contributed by atoms with E-state index in [1.54, 1.807) is 27.6 Å². The molecule has 6 heteroatoms. The fraction of sp³-hybridized carbons (Fsp3) is 0.429. The van der Waals surface area contributed by atoms with Crippen molar-refractivity contribution in [3.63, 3.8) is 0 Å². The summed E-state index contributed by atoms with van der Waals surface area (Å²) in [5.74, 6) is 0.102. The van der Waals surface area contributed by atoms with E-state index in [0.29, 0.717) is 6.42 Å². The fourth-order valence-electron chi connectivity index (χ4n) is 2.30. The van der Waals surface area contributed by atoms with Gasteiger partial charge in [0.15, 0.2) is 5.13 Å². The van der Waals surface area contributed by atoms with Crippen molar-refractivity contribution in [3.05, 3.63) is 31.4 Å². The number of aromatic nitrogens is 1. The van der Waals surface area contributed by atoms with E-state index < -0.39 is 0 Å². The molecule has 0 aliphatic heterocycles. The summed E-state index contributed by atoms with van der Waals surface area (Å²) in [5, 5.41) is 2.85. The van der Waals surface area contributed by atoms with Crippen molar-refractivity contribution in [2.45, 2.75) is 32.1 Å². The molecule has 0 saturated carbocycles. The number of carbonyl (C=O) groups excluding carboxylic acids is 1. The zero-order valence-electron chi connectivity index (χ0n) is 11.2. The van der Waals surface area contributed by atoms with Gasteiger partial charge in [-0.1, -0.05) is 0 Å². The van der Waals surface area contributed by atoms with E-state index in [4.69, 9.17) is 0 Å². The number of halogens is 1. The lowest BCUT2D eigenvalue weighted by molar-refractivity contribution is -0.117. The predicted octanol–water partition coefficient (Wildman–Crippen LogP) is 4.05. The highest BCUT2D eigenvalue weighted by molar-refractivity contribution is 9.10. The minimum atomic E-state index is 0.102. The smallest absolute Gasteiger partial charge is 0.233 e. The van der Waals surface area contributed by atoms with Gasteiger partial charge in [0.25, 0.3) is 0 Å². The maximum Gasteiger partial charge on any atom is 0.233 e. The number of nitrogens with zero attached hydrogens (tertiary/aromatic N) is 2. The first-order valence-electron chi connectivity index (χ1n) is 6.61. The molecule has 0 saturated heterocycles. The van der Waals surface area contributed by atoms with Crippen LogP contribution in [-0.2, 0) is 24.1 Å². The van der Waals surface area contributed by atoms with Crippen LogP contribution in [0.3, 0.4) is 0 Å². The summed E-state index contributed by atoms with van der Waals surface area (Å²) in [6.45, 7) is 0. The Balaban J connectivity index is 1.73. The molecule has 3 rings (SSSR count). The van der Waals surface area contributed by atoms with Crippen LogP contribution < -0.4 is 4.90 Å². The number of fused-ring (bicyclic) bond motifs is 1. The van der Waals surface area contributed by atoms with Crippen LogP contribution in [0.15, 0.2) is 15.9 Å². The number of amides is 1. The number of hydrogen-bond donors (Lipinski definition) is 0. The monoisotopic (exact) mass is 370 g/mol. The van der Waals surface area contributed by atoms with Gasteiger partial charge in [-0.3, -0.25) is 9.69 Å². The Morgan fingerprint density at radius 1 is 1.45 bits per heavy atom. The summed E-state index contributed by atoms with van der Waals surface area (Å²) in [4.78, 5) is 21.1. The van der Waals surface area contributed by atoms with Gasteiger partial charge in [-0.15, -0.1) is 22.7 Å². The van der Waals surface area contributed by atoms with E-state index in [2.05, 4.69) is 20.9 Å². The second-order valence-electron chi connectivity index (χ2n) is 4.93. The Hall–Kier alpha value is -0.720. The van der Waals surface area contributed by atoms with E-state index in [0.717, 1.165) is 27.3 Å². The molecule has 2 aromatic rings. The van der Waals surface area contributed by atoms with Crippen molar-refractivity contribution in [1.82, 2.24) is 4.98 Å². The molecule has 3 nitrogen and oxygen atoms in total. The van der Waals surface area contributed by atoms with Gasteiger partial charge in [0.1, 0.15) is 0 Å². The number of aryl methyl sites for hydroxylation is 2. The molecule has 1 amide bonds. The molecule has 0 radical (unpaired) electrons. The number of anilines is 1. The molecule has 2 aromatic heterocycles. The number of thiophene rings is 1. The van der Waals surface area contributed by atoms with Crippen molar-refractivity contribution < 1.29 is 4.79 Å². The normalized spacial score (nSPS) is 14.1. The number of thiazole rings is 1. The molecular formula is C14H15BrN2OS2. The average Bonchev–Trinajstić information content (AvgIpc) is 3.03. The third-order valence-electron chi connectivity index (χ3n) is 3.44. The predicted molar refractivity (Wildman–Crippen MR) is 87.9 cm³/mol. The lowest BCUT2D eigenvalue weighted by Crippen LogP contribution is -2.27. The van der Waals surface area contributed by atoms with Gasteiger partial charge >= 0.3 is 0 Å². The van der Waals surface area contributed by atoms with Gasteiger partial charge in [-0.05, 0) is 47.7 Å². The van der Waals surface area contributed by atoms with Crippen LogP contribution in [-0.4, -0.2) is 17.9 Å². The molecule has 106 valence electrons. The van der Waals surface area contributed by atoms with E-state index in [-0.39, 0.29) is 5.91 Å². The van der Waals surface area contributed by atoms with E-state index in [9.17, 15) is 4.79 Å². The standard InChI is InChI=1S/C14H15BrN2OS2/c1-17(13(18)7-10-6-9(15)8-19-10)14-16-11-4-2-3-5-12(11)20-14/h6,8H,2-5,7H2,1H3. The Kier molecular flexibility index (Phi) is 4.23. The Morgan fingerprint density at radius 2 is 2.25 bits per heavy atom. The van der Waals surface area contributed by atoms with Crippen molar-refractivity contribution in [1.29, 1.82) is 0 Å². The lowest BCUT2D eigenvalue weighted by Gasteiger charge is -2.12. The second kappa shape index (κ2) is 5.95. The quantitative estimate of drug-likeness (QED) is 0.816. The van der Waals surface area contributed by atoms with E-state index >= 15 is 0 Å². The third-order valence-corrected chi connectivity index (χ3v) is 6.37. The van der Waals surface area contributed by atoms with Crippen LogP contribution >= 0.6 is 38.6 Å². The molecule has 0 fully saturated rings. The maximum absolute atomic E-state index is 12.3. The molecule has 2 heterocycles. The first-order valence-corrected chi connectivity index (χ1v) is 9.10. The van der Waals surface area contributed by atoms with Gasteiger partial charge in [0, 0.05) is 26.7 Å². The zero-order chi connectivity index (χ0) is 14.1. The molecule has 0 bridgehead atoms. The molecule has 0 N–H and O–H groups in total. The summed E-state index contributed by atoms with van der Waals surface area (Å²) < 4.78 is 1.04. The highest BCUT2D eigenvalue weighted by Crippen LogP contribution is 2.31. The van der Waals surface area contributed by atoms with Crippen LogP contribution in [0.1, 0.15) is 28.3 Å². The number of hydrogen-bond acceptors (Lipinski definition) is 4. The third kappa shape index (κ3) is 2.97. The van der Waals surface area contributed by atoms with Gasteiger partial charge in [-0.25, -0.2) is 4.98 Å². The first kappa shape index (κ1) is 14.2. The molecule has 20 heavy (non-hydrogen) atoms. The lowest BCUT2D eigenvalue weighted by atomic mass is 10.0. The van der Waals surface area contributed by atoms with E-state index in [1.807, 2.05) is 18.5 Å². The maximum atomic E-state index is 12.3.